The molecule has 186 valence electrons. The van der Waals surface area contributed by atoms with Crippen molar-refractivity contribution in [2.24, 2.45) is 4.99 Å². The lowest BCUT2D eigenvalue weighted by Crippen LogP contribution is -2.50. The van der Waals surface area contributed by atoms with Crippen molar-refractivity contribution < 1.29 is 19.0 Å². The number of carbonyl (C=O) groups is 1. The summed E-state index contributed by atoms with van der Waals surface area (Å²) in [4.78, 5) is 29.3. The summed E-state index contributed by atoms with van der Waals surface area (Å²) in [6.45, 7) is 10.4. The Kier molecular flexibility index (Phi) is 6.37. The fourth-order valence-electron chi connectivity index (χ4n) is 4.50. The average Bonchev–Trinajstić information content (AvgIpc) is 3.30. The Balaban J connectivity index is 1.49. The lowest BCUT2D eigenvalue weighted by atomic mass is 10.1. The first kappa shape index (κ1) is 23.6. The standard InChI is InChI=1S/C26H33N5O4/c1-26(2,3)35-17-19-16-31-24(28-19)23-22(13-20(14-27-23)29-9-11-34-12-10-29)30(25(31)32)15-18-5-7-21(33-4)8-6-18/h5-8,13-14,19H,9-12,15-17H2,1-4H3. The summed E-state index contributed by atoms with van der Waals surface area (Å²) in [6, 6.07) is 9.64. The van der Waals surface area contributed by atoms with Crippen molar-refractivity contribution in [2.45, 2.75) is 39.0 Å². The molecule has 9 heteroatoms. The van der Waals surface area contributed by atoms with Crippen LogP contribution in [0.15, 0.2) is 41.5 Å². The van der Waals surface area contributed by atoms with Crippen LogP contribution < -0.4 is 14.5 Å². The minimum absolute atomic E-state index is 0.0914. The van der Waals surface area contributed by atoms with Crippen molar-refractivity contribution in [3.05, 3.63) is 47.8 Å². The molecule has 9 nitrogen and oxygen atoms in total. The van der Waals surface area contributed by atoms with Crippen LogP contribution in [-0.2, 0) is 16.0 Å². The Morgan fingerprint density at radius 3 is 2.57 bits per heavy atom. The predicted octanol–water partition coefficient (Wildman–Crippen LogP) is 3.31. The highest BCUT2D eigenvalue weighted by Crippen LogP contribution is 2.35. The molecule has 2 amide bonds. The maximum atomic E-state index is 13.8. The minimum Gasteiger partial charge on any atom is -0.497 e. The second-order valence-corrected chi connectivity index (χ2v) is 10.0. The fraction of sp³-hybridized carbons (Fsp3) is 0.500. The summed E-state index contributed by atoms with van der Waals surface area (Å²) in [5, 5.41) is 0. The second kappa shape index (κ2) is 9.47. The molecule has 0 spiro atoms. The van der Waals surface area contributed by atoms with Gasteiger partial charge in [0.05, 0.1) is 69.2 Å². The van der Waals surface area contributed by atoms with Gasteiger partial charge in [-0.1, -0.05) is 12.1 Å². The van der Waals surface area contributed by atoms with Gasteiger partial charge in [-0.05, 0) is 44.5 Å². The lowest BCUT2D eigenvalue weighted by molar-refractivity contribution is -0.00924. The summed E-state index contributed by atoms with van der Waals surface area (Å²) in [5.74, 6) is 1.41. The number of urea groups is 1. The van der Waals surface area contributed by atoms with Crippen molar-refractivity contribution >= 4 is 23.2 Å². The zero-order valence-electron chi connectivity index (χ0n) is 20.9. The maximum Gasteiger partial charge on any atom is 0.330 e. The first-order valence-electron chi connectivity index (χ1n) is 12.1. The van der Waals surface area contributed by atoms with E-state index in [0.29, 0.717) is 38.7 Å². The normalized spacial score (nSPS) is 20.0. The highest BCUT2D eigenvalue weighted by Gasteiger charge is 2.41. The number of pyridine rings is 1. The zero-order valence-corrected chi connectivity index (χ0v) is 20.9. The Bertz CT molecular complexity index is 1110. The largest absolute Gasteiger partial charge is 0.497 e. The fourth-order valence-corrected chi connectivity index (χ4v) is 4.50. The van der Waals surface area contributed by atoms with Gasteiger partial charge in [-0.25, -0.2) is 9.78 Å². The number of benzene rings is 1. The van der Waals surface area contributed by atoms with E-state index in [-0.39, 0.29) is 17.7 Å². The summed E-state index contributed by atoms with van der Waals surface area (Å²) in [5.41, 5.74) is 3.24. The number of amidine groups is 1. The van der Waals surface area contributed by atoms with Gasteiger partial charge in [-0.2, -0.15) is 0 Å². The molecule has 1 aromatic carbocycles. The van der Waals surface area contributed by atoms with Gasteiger partial charge in [0.1, 0.15) is 11.4 Å². The first-order chi connectivity index (χ1) is 16.8. The van der Waals surface area contributed by atoms with Crippen LogP contribution in [0.1, 0.15) is 32.0 Å². The van der Waals surface area contributed by atoms with E-state index < -0.39 is 0 Å². The van der Waals surface area contributed by atoms with E-state index in [4.69, 9.17) is 24.2 Å². The number of morpholine rings is 1. The summed E-state index contributed by atoms with van der Waals surface area (Å²) >= 11 is 0. The number of methoxy groups -OCH3 is 1. The molecule has 0 N–H and O–H groups in total. The van der Waals surface area contributed by atoms with Crippen LogP contribution in [0.4, 0.5) is 16.2 Å². The molecule has 3 aliphatic rings. The smallest absolute Gasteiger partial charge is 0.330 e. The molecule has 35 heavy (non-hydrogen) atoms. The number of anilines is 2. The molecule has 3 aliphatic heterocycles. The quantitative estimate of drug-likeness (QED) is 0.633. The molecule has 1 unspecified atom stereocenters. The van der Waals surface area contributed by atoms with Gasteiger partial charge in [-0.15, -0.1) is 0 Å². The van der Waals surface area contributed by atoms with Crippen molar-refractivity contribution in [2.75, 3.05) is 56.4 Å². The van der Waals surface area contributed by atoms with E-state index in [2.05, 4.69) is 11.0 Å². The number of aromatic nitrogens is 1. The number of hydrogen-bond acceptors (Lipinski definition) is 7. The van der Waals surface area contributed by atoms with E-state index in [1.54, 1.807) is 16.9 Å². The van der Waals surface area contributed by atoms with Gasteiger partial charge in [-0.3, -0.25) is 14.8 Å². The molecule has 1 fully saturated rings. The van der Waals surface area contributed by atoms with Gasteiger partial charge in [0.2, 0.25) is 0 Å². The number of amides is 2. The van der Waals surface area contributed by atoms with Crippen LogP contribution >= 0.6 is 0 Å². The van der Waals surface area contributed by atoms with Crippen molar-refractivity contribution in [1.29, 1.82) is 0 Å². The Morgan fingerprint density at radius 1 is 1.14 bits per heavy atom. The number of hydrogen-bond donors (Lipinski definition) is 0. The minimum atomic E-state index is -0.267. The molecule has 0 saturated carbocycles. The van der Waals surface area contributed by atoms with Crippen LogP contribution in [0.25, 0.3) is 0 Å². The molecule has 5 rings (SSSR count). The van der Waals surface area contributed by atoms with Gasteiger partial charge in [0.25, 0.3) is 0 Å². The number of fused-ring (bicyclic) bond motifs is 3. The van der Waals surface area contributed by atoms with Gasteiger partial charge >= 0.3 is 6.03 Å². The molecule has 1 saturated heterocycles. The molecular weight excluding hydrogens is 446 g/mol. The molecule has 0 radical (unpaired) electrons. The highest BCUT2D eigenvalue weighted by atomic mass is 16.5. The molecule has 4 heterocycles. The van der Waals surface area contributed by atoms with Gasteiger partial charge in [0, 0.05) is 13.1 Å². The number of ether oxygens (including phenoxy) is 3. The summed E-state index contributed by atoms with van der Waals surface area (Å²) in [6.07, 6.45) is 1.88. The third-order valence-corrected chi connectivity index (χ3v) is 6.36. The number of nitrogens with zero attached hydrogens (tertiary/aromatic N) is 5. The zero-order chi connectivity index (χ0) is 24.6. The molecule has 0 bridgehead atoms. The molecule has 0 aliphatic carbocycles. The van der Waals surface area contributed by atoms with Crippen molar-refractivity contribution in [1.82, 2.24) is 9.88 Å². The predicted molar refractivity (Wildman–Crippen MR) is 135 cm³/mol. The number of carbonyl (C=O) groups excluding carboxylic acids is 1. The SMILES string of the molecule is COc1ccc(CN2C(=O)N3CC(COC(C)(C)C)N=C3c3ncc(N4CCOCC4)cc32)cc1. The Morgan fingerprint density at radius 2 is 1.89 bits per heavy atom. The van der Waals surface area contributed by atoms with E-state index in [0.717, 1.165) is 41.5 Å². The third kappa shape index (κ3) is 4.97. The van der Waals surface area contributed by atoms with Gasteiger partial charge < -0.3 is 19.1 Å². The van der Waals surface area contributed by atoms with Gasteiger partial charge in [0.15, 0.2) is 5.84 Å². The molecule has 1 atom stereocenters. The van der Waals surface area contributed by atoms with E-state index in [1.165, 1.54) is 0 Å². The van der Waals surface area contributed by atoms with Crippen LogP contribution in [0, 0.1) is 0 Å². The summed E-state index contributed by atoms with van der Waals surface area (Å²) < 4.78 is 16.8. The third-order valence-electron chi connectivity index (χ3n) is 6.36. The van der Waals surface area contributed by atoms with Crippen LogP contribution in [-0.4, -0.2) is 80.0 Å². The van der Waals surface area contributed by atoms with E-state index in [1.807, 2.05) is 51.2 Å². The lowest BCUT2D eigenvalue weighted by Gasteiger charge is -2.36. The molecule has 1 aromatic heterocycles. The highest BCUT2D eigenvalue weighted by molar-refractivity contribution is 6.19. The van der Waals surface area contributed by atoms with Crippen molar-refractivity contribution in [3.8, 4) is 5.75 Å². The van der Waals surface area contributed by atoms with Crippen LogP contribution in [0.5, 0.6) is 5.75 Å². The molecule has 2 aromatic rings. The van der Waals surface area contributed by atoms with Crippen LogP contribution in [0.2, 0.25) is 0 Å². The second-order valence-electron chi connectivity index (χ2n) is 10.0. The van der Waals surface area contributed by atoms with E-state index in [9.17, 15) is 4.79 Å². The van der Waals surface area contributed by atoms with Crippen LogP contribution in [0.3, 0.4) is 0 Å². The summed E-state index contributed by atoms with van der Waals surface area (Å²) in [7, 11) is 1.65. The molecular formula is C26H33N5O4. The average molecular weight is 480 g/mol. The Hall–Kier alpha value is -3.17. The number of aliphatic imine (C=N–C) groups is 1. The number of rotatable bonds is 6. The van der Waals surface area contributed by atoms with Crippen molar-refractivity contribution in [3.63, 3.8) is 0 Å². The van der Waals surface area contributed by atoms with E-state index >= 15 is 0 Å². The topological polar surface area (TPSA) is 79.7 Å². The maximum absolute atomic E-state index is 13.8. The first-order valence-corrected chi connectivity index (χ1v) is 12.1. The monoisotopic (exact) mass is 479 g/mol. The Labute approximate surface area is 206 Å².